The van der Waals surface area contributed by atoms with Gasteiger partial charge in [-0.25, -0.2) is 14.8 Å². The van der Waals surface area contributed by atoms with E-state index in [1.54, 1.807) is 12.1 Å². The molecule has 54 heavy (non-hydrogen) atoms. The lowest BCUT2D eigenvalue weighted by atomic mass is 10.1. The van der Waals surface area contributed by atoms with E-state index >= 15 is 0 Å². The van der Waals surface area contributed by atoms with Crippen molar-refractivity contribution in [2.75, 3.05) is 18.2 Å². The molecule has 0 unspecified atom stereocenters. The minimum absolute atomic E-state index is 0. The van der Waals surface area contributed by atoms with Gasteiger partial charge >= 0.3 is 5.97 Å². The van der Waals surface area contributed by atoms with Crippen molar-refractivity contribution >= 4 is 63.5 Å². The SMILES string of the molecule is C.COC(=O)c1nc(-c2cc(C)cc(Br)c2)n(C)c(=O)c1O.Cc1cc(Br)cc(-c2nc(C(=O)Nc3cnoc3)c(O)c(=O)n2C)c1.Nc1cnoc1.[B]. The van der Waals surface area contributed by atoms with Crippen LogP contribution in [0.15, 0.2) is 88.9 Å². The second-order valence-corrected chi connectivity index (χ2v) is 12.7. The summed E-state index contributed by atoms with van der Waals surface area (Å²) in [6, 6.07) is 11.0. The average Bonchev–Trinajstić information content (AvgIpc) is 3.80. The van der Waals surface area contributed by atoms with Gasteiger partial charge in [0.25, 0.3) is 17.0 Å². The molecule has 0 fully saturated rings. The number of benzene rings is 2. The lowest BCUT2D eigenvalue weighted by molar-refractivity contribution is 0.0589. The molecule has 0 aliphatic rings. The fraction of sp³-hybridized carbons (Fsp3) is 0.176. The number of carbonyl (C=O) groups is 2. The third-order valence-electron chi connectivity index (χ3n) is 6.87. The topological polar surface area (TPSA) is 244 Å². The lowest BCUT2D eigenvalue weighted by Gasteiger charge is -2.12. The molecule has 5 N–H and O–H groups in total. The molecule has 6 aromatic rings. The summed E-state index contributed by atoms with van der Waals surface area (Å²) in [4.78, 5) is 56.6. The fourth-order valence-corrected chi connectivity index (χ4v) is 5.71. The average molecular weight is 869 g/mol. The predicted octanol–water partition coefficient (Wildman–Crippen LogP) is 4.99. The Hall–Kier alpha value is -6.02. The molecule has 0 spiro atoms. The van der Waals surface area contributed by atoms with Crippen LogP contribution in [-0.4, -0.2) is 67.0 Å². The largest absolute Gasteiger partial charge is 0.501 e. The Bertz CT molecular complexity index is 2320. The lowest BCUT2D eigenvalue weighted by Crippen LogP contribution is -2.25. The van der Waals surface area contributed by atoms with Crippen LogP contribution in [0.5, 0.6) is 11.5 Å². The Morgan fingerprint density at radius 2 is 1.26 bits per heavy atom. The molecule has 20 heteroatoms. The van der Waals surface area contributed by atoms with E-state index in [0.717, 1.165) is 27.2 Å². The van der Waals surface area contributed by atoms with Crippen LogP contribution in [0.3, 0.4) is 0 Å². The molecule has 0 aliphatic heterocycles. The minimum Gasteiger partial charge on any atom is -0.501 e. The monoisotopic (exact) mass is 867 g/mol. The molecular formula is C34H34BBr2N8O9. The third-order valence-corrected chi connectivity index (χ3v) is 7.79. The van der Waals surface area contributed by atoms with Gasteiger partial charge in [0, 0.05) is 42.6 Å². The third kappa shape index (κ3) is 10.5. The number of nitrogens with zero attached hydrogens (tertiary/aromatic N) is 6. The zero-order chi connectivity index (χ0) is 38.3. The van der Waals surface area contributed by atoms with Gasteiger partial charge in [-0.2, -0.15) is 0 Å². The number of amides is 1. The van der Waals surface area contributed by atoms with Gasteiger partial charge in [-0.1, -0.05) is 49.6 Å². The summed E-state index contributed by atoms with van der Waals surface area (Å²) in [5.74, 6) is -2.54. The molecule has 4 aromatic heterocycles. The first-order valence-electron chi connectivity index (χ1n) is 14.7. The number of rotatable bonds is 5. The summed E-state index contributed by atoms with van der Waals surface area (Å²) >= 11 is 6.77. The number of nitrogens with two attached hydrogens (primary N) is 1. The summed E-state index contributed by atoms with van der Waals surface area (Å²) in [6.07, 6.45) is 5.32. The minimum atomic E-state index is -0.863. The summed E-state index contributed by atoms with van der Waals surface area (Å²) in [5.41, 5.74) is 6.94. The van der Waals surface area contributed by atoms with E-state index < -0.39 is 40.2 Å². The Labute approximate surface area is 326 Å². The van der Waals surface area contributed by atoms with Crippen LogP contribution < -0.4 is 22.2 Å². The maximum Gasteiger partial charge on any atom is 0.360 e. The van der Waals surface area contributed by atoms with E-state index in [9.17, 15) is 29.4 Å². The second-order valence-electron chi connectivity index (χ2n) is 10.8. The van der Waals surface area contributed by atoms with Crippen molar-refractivity contribution in [1.29, 1.82) is 0 Å². The first kappa shape index (κ1) is 44.1. The summed E-state index contributed by atoms with van der Waals surface area (Å²) in [5, 5.41) is 29.0. The molecule has 2 aromatic carbocycles. The van der Waals surface area contributed by atoms with Crippen LogP contribution in [0, 0.1) is 13.8 Å². The molecular weight excluding hydrogens is 835 g/mol. The maximum absolute atomic E-state index is 12.4. The fourth-order valence-electron chi connectivity index (χ4n) is 4.49. The maximum atomic E-state index is 12.4. The van der Waals surface area contributed by atoms with Crippen LogP contribution in [0.1, 0.15) is 39.5 Å². The van der Waals surface area contributed by atoms with Crippen LogP contribution >= 0.6 is 31.9 Å². The van der Waals surface area contributed by atoms with Crippen molar-refractivity contribution in [1.82, 2.24) is 29.4 Å². The molecule has 0 aliphatic carbocycles. The van der Waals surface area contributed by atoms with Crippen molar-refractivity contribution < 1.29 is 33.6 Å². The standard InChI is InChI=1S/C16H13BrN4O4.C14H13BrN2O4.C3H4N2O.CH4.B/c1-8-3-9(5-10(17)4-8)14-20-12(13(22)16(24)21(14)2)15(23)19-11-6-18-25-7-11;1-7-4-8(6-9(15)5-7)12-16-10(14(20)21-3)11(18)13(19)17(12)2;4-3-1-5-6-2-3;;/h3-7,22H,1-2H3,(H,19,23);4-6,18H,1-3H3;1-2H,4H2;1H4;. The highest BCUT2D eigenvalue weighted by Gasteiger charge is 2.23. The number of anilines is 2. The number of esters is 1. The van der Waals surface area contributed by atoms with Crippen LogP contribution in [-0.2, 0) is 18.8 Å². The first-order chi connectivity index (χ1) is 24.6. The van der Waals surface area contributed by atoms with Gasteiger partial charge in [0.05, 0.1) is 25.2 Å². The molecule has 0 bridgehead atoms. The predicted molar refractivity (Wildman–Crippen MR) is 207 cm³/mol. The molecule has 0 saturated heterocycles. The Morgan fingerprint density at radius 3 is 1.65 bits per heavy atom. The number of nitrogens with one attached hydrogen (secondary N) is 1. The van der Waals surface area contributed by atoms with E-state index in [0.29, 0.717) is 16.8 Å². The summed E-state index contributed by atoms with van der Waals surface area (Å²) in [7, 11) is 4.11. The number of nitrogen functional groups attached to an aromatic ring is 1. The summed E-state index contributed by atoms with van der Waals surface area (Å²) in [6.45, 7) is 3.79. The number of hydrogen-bond donors (Lipinski definition) is 4. The van der Waals surface area contributed by atoms with Crippen LogP contribution in [0.4, 0.5) is 11.4 Å². The molecule has 17 nitrogen and oxygen atoms in total. The van der Waals surface area contributed by atoms with E-state index in [1.807, 2.05) is 38.1 Å². The zero-order valence-electron chi connectivity index (χ0n) is 28.6. The van der Waals surface area contributed by atoms with Gasteiger partial charge in [0.15, 0.2) is 11.4 Å². The van der Waals surface area contributed by atoms with E-state index in [2.05, 4.69) is 71.2 Å². The molecule has 1 amide bonds. The Kier molecular flexibility index (Phi) is 15.7. The highest BCUT2D eigenvalue weighted by atomic mass is 79.9. The smallest absolute Gasteiger partial charge is 0.360 e. The number of halogens is 2. The van der Waals surface area contributed by atoms with Crippen molar-refractivity contribution in [2.24, 2.45) is 14.1 Å². The molecule has 281 valence electrons. The van der Waals surface area contributed by atoms with E-state index in [4.69, 9.17) is 5.73 Å². The van der Waals surface area contributed by atoms with Crippen molar-refractivity contribution in [3.8, 4) is 34.3 Å². The van der Waals surface area contributed by atoms with Gasteiger partial charge < -0.3 is 35.0 Å². The number of aromatic nitrogens is 6. The van der Waals surface area contributed by atoms with E-state index in [-0.39, 0.29) is 38.9 Å². The molecule has 6 rings (SSSR count). The Morgan fingerprint density at radius 1 is 0.796 bits per heavy atom. The Balaban J connectivity index is 0.000000316. The highest BCUT2D eigenvalue weighted by molar-refractivity contribution is 9.10. The number of hydrogen-bond acceptors (Lipinski definition) is 14. The molecule has 4 heterocycles. The molecule has 0 atom stereocenters. The van der Waals surface area contributed by atoms with Gasteiger partial charge in [-0.05, 0) is 61.4 Å². The van der Waals surface area contributed by atoms with Gasteiger partial charge in [-0.15, -0.1) is 0 Å². The normalized spacial score (nSPS) is 9.98. The van der Waals surface area contributed by atoms with Crippen LogP contribution in [0.25, 0.3) is 22.8 Å². The number of aromatic hydroxyl groups is 2. The number of ether oxygens (including phenoxy) is 1. The molecule has 3 radical (unpaired) electrons. The second kappa shape index (κ2) is 19.2. The highest BCUT2D eigenvalue weighted by Crippen LogP contribution is 2.26. The number of methoxy groups -OCH3 is 1. The van der Waals surface area contributed by atoms with Crippen molar-refractivity contribution in [3.63, 3.8) is 0 Å². The van der Waals surface area contributed by atoms with Crippen LogP contribution in [0.2, 0.25) is 0 Å². The number of carbonyl (C=O) groups excluding carboxylic acids is 2. The number of aryl methyl sites for hydroxylation is 2. The van der Waals surface area contributed by atoms with Gasteiger partial charge in [0.1, 0.15) is 29.9 Å². The van der Waals surface area contributed by atoms with Gasteiger partial charge in [-0.3, -0.25) is 23.5 Å². The van der Waals surface area contributed by atoms with E-state index in [1.165, 1.54) is 48.1 Å². The van der Waals surface area contributed by atoms with Gasteiger partial charge in [0.2, 0.25) is 11.5 Å². The zero-order valence-corrected chi connectivity index (χ0v) is 31.8. The molecule has 0 saturated carbocycles. The quantitative estimate of drug-likeness (QED) is 0.132. The first-order valence-corrected chi connectivity index (χ1v) is 16.3. The summed E-state index contributed by atoms with van der Waals surface area (Å²) < 4.78 is 17.5. The van der Waals surface area contributed by atoms with Crippen molar-refractivity contribution in [3.05, 3.63) is 113 Å². The van der Waals surface area contributed by atoms with Crippen molar-refractivity contribution in [2.45, 2.75) is 21.3 Å².